The van der Waals surface area contributed by atoms with Crippen molar-refractivity contribution in [2.75, 3.05) is 32.8 Å². The van der Waals surface area contributed by atoms with E-state index in [1.165, 1.54) is 0 Å². The molecular weight excluding hydrogens is 192 g/mol. The van der Waals surface area contributed by atoms with Gasteiger partial charge in [0.2, 0.25) is 5.91 Å². The molecule has 0 bridgehead atoms. The van der Waals surface area contributed by atoms with Gasteiger partial charge in [0.25, 0.3) is 0 Å². The van der Waals surface area contributed by atoms with Crippen LogP contribution >= 0.6 is 0 Å². The van der Waals surface area contributed by atoms with Gasteiger partial charge >= 0.3 is 0 Å². The number of ether oxygens (including phenoxy) is 1. The first-order valence-electron chi connectivity index (χ1n) is 5.78. The van der Waals surface area contributed by atoms with Gasteiger partial charge in [-0.2, -0.15) is 0 Å². The number of rotatable bonds is 5. The van der Waals surface area contributed by atoms with Crippen LogP contribution in [0.15, 0.2) is 0 Å². The third kappa shape index (κ3) is 5.74. The molecule has 88 valence electrons. The summed E-state index contributed by atoms with van der Waals surface area (Å²) in [4.78, 5) is 13.7. The first-order chi connectivity index (χ1) is 7.18. The molecule has 0 aliphatic carbocycles. The van der Waals surface area contributed by atoms with E-state index in [-0.39, 0.29) is 11.9 Å². The first kappa shape index (κ1) is 12.5. The second-order valence-electron chi connectivity index (χ2n) is 4.28. The van der Waals surface area contributed by atoms with Crippen molar-refractivity contribution in [1.29, 1.82) is 0 Å². The monoisotopic (exact) mass is 214 g/mol. The van der Waals surface area contributed by atoms with Crippen LogP contribution in [0.1, 0.15) is 26.7 Å². The molecule has 0 aromatic rings. The minimum absolute atomic E-state index is 0.165. The van der Waals surface area contributed by atoms with Gasteiger partial charge in [-0.1, -0.05) is 0 Å². The minimum atomic E-state index is 0.165. The fraction of sp³-hybridized carbons (Fsp3) is 0.909. The van der Waals surface area contributed by atoms with Crippen molar-refractivity contribution in [3.8, 4) is 0 Å². The highest BCUT2D eigenvalue weighted by Crippen LogP contribution is 2.00. The van der Waals surface area contributed by atoms with Crippen molar-refractivity contribution >= 4 is 5.91 Å². The molecule has 0 aromatic heterocycles. The topological polar surface area (TPSA) is 41.6 Å². The molecule has 1 rings (SSSR count). The predicted molar refractivity (Wildman–Crippen MR) is 59.8 cm³/mol. The molecule has 0 unspecified atom stereocenters. The Hall–Kier alpha value is -0.610. The number of nitrogens with zero attached hydrogens (tertiary/aromatic N) is 1. The fourth-order valence-corrected chi connectivity index (χ4v) is 1.68. The van der Waals surface area contributed by atoms with E-state index in [1.54, 1.807) is 0 Å². The third-order valence-corrected chi connectivity index (χ3v) is 2.43. The molecule has 0 radical (unpaired) electrons. The zero-order valence-electron chi connectivity index (χ0n) is 9.79. The van der Waals surface area contributed by atoms with Gasteiger partial charge in [-0.05, 0) is 26.8 Å². The van der Waals surface area contributed by atoms with Crippen LogP contribution in [0.25, 0.3) is 0 Å². The highest BCUT2D eigenvalue weighted by atomic mass is 16.5. The summed E-state index contributed by atoms with van der Waals surface area (Å²) in [5.41, 5.74) is 0. The summed E-state index contributed by atoms with van der Waals surface area (Å²) in [6.45, 7) is 8.66. The van der Waals surface area contributed by atoms with Crippen molar-refractivity contribution in [2.45, 2.75) is 32.7 Å². The molecular formula is C11H22N2O2. The Bertz CT molecular complexity index is 189. The van der Waals surface area contributed by atoms with Crippen molar-refractivity contribution < 1.29 is 9.53 Å². The number of morpholine rings is 1. The third-order valence-electron chi connectivity index (χ3n) is 2.43. The molecule has 1 fully saturated rings. The number of carbonyl (C=O) groups excluding carboxylic acids is 1. The zero-order chi connectivity index (χ0) is 11.1. The number of hydrogen-bond donors (Lipinski definition) is 1. The first-order valence-corrected chi connectivity index (χ1v) is 5.78. The largest absolute Gasteiger partial charge is 0.379 e. The molecule has 0 saturated carbocycles. The van der Waals surface area contributed by atoms with E-state index in [0.717, 1.165) is 39.3 Å². The van der Waals surface area contributed by atoms with E-state index in [2.05, 4.69) is 10.2 Å². The van der Waals surface area contributed by atoms with Crippen LogP contribution < -0.4 is 5.32 Å². The van der Waals surface area contributed by atoms with E-state index < -0.39 is 0 Å². The Balaban J connectivity index is 2.02. The molecule has 1 amide bonds. The lowest BCUT2D eigenvalue weighted by atomic mass is 10.2. The molecule has 1 N–H and O–H groups in total. The van der Waals surface area contributed by atoms with E-state index in [0.29, 0.717) is 6.42 Å². The van der Waals surface area contributed by atoms with Crippen molar-refractivity contribution in [3.63, 3.8) is 0 Å². The molecule has 4 nitrogen and oxygen atoms in total. The van der Waals surface area contributed by atoms with Crippen molar-refractivity contribution in [1.82, 2.24) is 10.2 Å². The maximum Gasteiger partial charge on any atom is 0.220 e. The fourth-order valence-electron chi connectivity index (χ4n) is 1.68. The molecule has 0 spiro atoms. The smallest absolute Gasteiger partial charge is 0.220 e. The van der Waals surface area contributed by atoms with Gasteiger partial charge in [0.15, 0.2) is 0 Å². The van der Waals surface area contributed by atoms with Crippen LogP contribution in [0.4, 0.5) is 0 Å². The van der Waals surface area contributed by atoms with Crippen LogP contribution in [-0.4, -0.2) is 49.7 Å². The summed E-state index contributed by atoms with van der Waals surface area (Å²) in [6.07, 6.45) is 1.58. The van der Waals surface area contributed by atoms with Gasteiger partial charge < -0.3 is 10.1 Å². The minimum Gasteiger partial charge on any atom is -0.379 e. The number of amides is 1. The Morgan fingerprint density at radius 1 is 1.40 bits per heavy atom. The lowest BCUT2D eigenvalue weighted by Gasteiger charge is -2.26. The standard InChI is InChI=1S/C11H22N2O2/c1-10(2)12-11(14)4-3-5-13-6-8-15-9-7-13/h10H,3-9H2,1-2H3,(H,12,14). The Kier molecular flexibility index (Phi) is 5.65. The summed E-state index contributed by atoms with van der Waals surface area (Å²) in [7, 11) is 0. The molecule has 1 heterocycles. The van der Waals surface area contributed by atoms with Gasteiger partial charge in [-0.15, -0.1) is 0 Å². The van der Waals surface area contributed by atoms with Crippen LogP contribution in [0.5, 0.6) is 0 Å². The average molecular weight is 214 g/mol. The van der Waals surface area contributed by atoms with Gasteiger partial charge in [0.05, 0.1) is 13.2 Å². The van der Waals surface area contributed by atoms with Crippen LogP contribution in [0, 0.1) is 0 Å². The molecule has 0 aromatic carbocycles. The molecule has 15 heavy (non-hydrogen) atoms. The van der Waals surface area contributed by atoms with Crippen molar-refractivity contribution in [3.05, 3.63) is 0 Å². The highest BCUT2D eigenvalue weighted by Gasteiger charge is 2.10. The lowest BCUT2D eigenvalue weighted by Crippen LogP contribution is -2.37. The maximum atomic E-state index is 11.3. The lowest BCUT2D eigenvalue weighted by molar-refractivity contribution is -0.121. The SMILES string of the molecule is CC(C)NC(=O)CCCN1CCOCC1. The number of hydrogen-bond acceptors (Lipinski definition) is 3. The molecule has 0 atom stereocenters. The van der Waals surface area contributed by atoms with Crippen molar-refractivity contribution in [2.24, 2.45) is 0 Å². The maximum absolute atomic E-state index is 11.3. The van der Waals surface area contributed by atoms with Crippen LogP contribution in [-0.2, 0) is 9.53 Å². The second kappa shape index (κ2) is 6.80. The number of nitrogens with one attached hydrogen (secondary N) is 1. The Morgan fingerprint density at radius 2 is 2.07 bits per heavy atom. The molecule has 1 aliphatic rings. The van der Waals surface area contributed by atoms with E-state index in [4.69, 9.17) is 4.74 Å². The van der Waals surface area contributed by atoms with Gasteiger partial charge in [0.1, 0.15) is 0 Å². The number of carbonyl (C=O) groups is 1. The van der Waals surface area contributed by atoms with E-state index in [1.807, 2.05) is 13.8 Å². The zero-order valence-corrected chi connectivity index (χ0v) is 9.79. The van der Waals surface area contributed by atoms with Gasteiger partial charge in [-0.25, -0.2) is 0 Å². The van der Waals surface area contributed by atoms with E-state index >= 15 is 0 Å². The van der Waals surface area contributed by atoms with E-state index in [9.17, 15) is 4.79 Å². The molecule has 1 saturated heterocycles. The quantitative estimate of drug-likeness (QED) is 0.729. The van der Waals surface area contributed by atoms with Crippen LogP contribution in [0.3, 0.4) is 0 Å². The summed E-state index contributed by atoms with van der Waals surface area (Å²) in [5, 5.41) is 2.90. The van der Waals surface area contributed by atoms with Gasteiger partial charge in [0, 0.05) is 25.6 Å². The predicted octanol–water partition coefficient (Wildman–Crippen LogP) is 0.623. The summed E-state index contributed by atoms with van der Waals surface area (Å²) in [5.74, 6) is 0.165. The highest BCUT2D eigenvalue weighted by molar-refractivity contribution is 5.76. The normalized spacial score (nSPS) is 18.1. The summed E-state index contributed by atoms with van der Waals surface area (Å²) in [6, 6.07) is 0.251. The summed E-state index contributed by atoms with van der Waals surface area (Å²) < 4.78 is 5.26. The second-order valence-corrected chi connectivity index (χ2v) is 4.28. The Labute approximate surface area is 92.0 Å². The Morgan fingerprint density at radius 3 is 2.67 bits per heavy atom. The molecule has 4 heteroatoms. The average Bonchev–Trinajstić information content (AvgIpc) is 2.18. The summed E-state index contributed by atoms with van der Waals surface area (Å²) >= 11 is 0. The molecule has 1 aliphatic heterocycles. The van der Waals surface area contributed by atoms with Crippen LogP contribution in [0.2, 0.25) is 0 Å². The van der Waals surface area contributed by atoms with Gasteiger partial charge in [-0.3, -0.25) is 9.69 Å².